The van der Waals surface area contributed by atoms with Crippen LogP contribution >= 0.6 is 22.9 Å². The van der Waals surface area contributed by atoms with Crippen molar-refractivity contribution < 1.29 is 12.6 Å². The van der Waals surface area contributed by atoms with Crippen LogP contribution in [0.4, 0.5) is 0 Å². The molecule has 1 N–H and O–H groups in total. The molecule has 1 rings (SSSR count). The zero-order chi connectivity index (χ0) is 11.5. The van der Waals surface area contributed by atoms with E-state index in [-0.39, 0.29) is 21.0 Å². The molecular formula is C6H9ClN2O3S3. The molecule has 1 aromatic heterocycles. The quantitative estimate of drug-likeness (QED) is 0.854. The van der Waals surface area contributed by atoms with E-state index in [9.17, 15) is 12.6 Å². The minimum Gasteiger partial charge on any atom is -0.260 e. The number of thiazole rings is 1. The van der Waals surface area contributed by atoms with Gasteiger partial charge in [0.05, 0.1) is 6.20 Å². The molecule has 0 radical (unpaired) electrons. The third-order valence-electron chi connectivity index (χ3n) is 1.40. The van der Waals surface area contributed by atoms with E-state index in [4.69, 9.17) is 11.6 Å². The smallest absolute Gasteiger partial charge is 0.251 e. The summed E-state index contributed by atoms with van der Waals surface area (Å²) in [6.45, 7) is 0.140. The lowest BCUT2D eigenvalue weighted by Gasteiger charge is -2.01. The summed E-state index contributed by atoms with van der Waals surface area (Å²) in [5.74, 6) is 0.283. The van der Waals surface area contributed by atoms with Crippen LogP contribution in [0.25, 0.3) is 0 Å². The molecule has 0 bridgehead atoms. The lowest BCUT2D eigenvalue weighted by Crippen LogP contribution is -2.27. The fraction of sp³-hybridized carbons (Fsp3) is 0.500. The van der Waals surface area contributed by atoms with Gasteiger partial charge in [-0.25, -0.2) is 18.1 Å². The fourth-order valence-electron chi connectivity index (χ4n) is 0.754. The molecule has 1 aromatic rings. The molecule has 1 heterocycles. The second-order valence-corrected chi connectivity index (χ2v) is 7.77. The van der Waals surface area contributed by atoms with Gasteiger partial charge in [-0.05, 0) is 0 Å². The second kappa shape index (κ2) is 5.35. The molecule has 0 spiro atoms. The maximum Gasteiger partial charge on any atom is 0.251 e. The molecule has 0 fully saturated rings. The maximum atomic E-state index is 11.5. The van der Waals surface area contributed by atoms with E-state index in [1.54, 1.807) is 0 Å². The number of nitrogens with one attached hydrogen (secondary N) is 1. The van der Waals surface area contributed by atoms with Crippen LogP contribution in [-0.2, 0) is 20.8 Å². The first-order chi connectivity index (χ1) is 6.92. The summed E-state index contributed by atoms with van der Waals surface area (Å²) in [7, 11) is -4.56. The molecule has 0 aliphatic heterocycles. The number of hydrogen-bond donors (Lipinski definition) is 1. The zero-order valence-corrected chi connectivity index (χ0v) is 11.0. The van der Waals surface area contributed by atoms with Crippen molar-refractivity contribution >= 4 is 43.8 Å². The number of rotatable bonds is 5. The van der Waals surface area contributed by atoms with Gasteiger partial charge in [0.2, 0.25) is 0 Å². The highest BCUT2D eigenvalue weighted by Gasteiger charge is 2.16. The number of hydrogen-bond acceptors (Lipinski definition) is 5. The number of sulfonamides is 1. The van der Waals surface area contributed by atoms with Gasteiger partial charge in [-0.1, -0.05) is 22.9 Å². The van der Waals surface area contributed by atoms with Crippen LogP contribution in [0.15, 0.2) is 10.4 Å². The van der Waals surface area contributed by atoms with Crippen LogP contribution in [0.1, 0.15) is 0 Å². The SMILES string of the molecule is CS(=O)CCNS(=O)(=O)c1cnc(Cl)s1. The van der Waals surface area contributed by atoms with E-state index < -0.39 is 20.8 Å². The molecule has 0 amide bonds. The molecule has 0 aliphatic carbocycles. The Hall–Kier alpha value is -0.0200. The van der Waals surface area contributed by atoms with Crippen LogP contribution in [-0.4, -0.2) is 36.2 Å². The van der Waals surface area contributed by atoms with Crippen LogP contribution in [0, 0.1) is 0 Å². The normalized spacial score (nSPS) is 14.0. The summed E-state index contributed by atoms with van der Waals surface area (Å²) in [6, 6.07) is 0. The number of aromatic nitrogens is 1. The predicted octanol–water partition coefficient (Wildman–Crippen LogP) is 0.453. The van der Waals surface area contributed by atoms with Crippen molar-refractivity contribution in [1.29, 1.82) is 0 Å². The third kappa shape index (κ3) is 4.15. The molecule has 5 nitrogen and oxygen atoms in total. The molecule has 0 saturated heterocycles. The van der Waals surface area contributed by atoms with E-state index in [1.807, 2.05) is 0 Å². The van der Waals surface area contributed by atoms with Crippen molar-refractivity contribution in [3.05, 3.63) is 10.7 Å². The van der Waals surface area contributed by atoms with Crippen molar-refractivity contribution in [2.45, 2.75) is 4.21 Å². The topological polar surface area (TPSA) is 76.1 Å². The highest BCUT2D eigenvalue weighted by molar-refractivity contribution is 7.91. The Labute approximate surface area is 99.4 Å². The predicted molar refractivity (Wildman–Crippen MR) is 61.2 cm³/mol. The Balaban J connectivity index is 2.64. The minimum absolute atomic E-state index is 0.0642. The first-order valence-corrected chi connectivity index (χ1v) is 8.23. The average molecular weight is 289 g/mol. The van der Waals surface area contributed by atoms with Crippen molar-refractivity contribution in [2.24, 2.45) is 0 Å². The number of halogens is 1. The molecule has 86 valence electrons. The second-order valence-electron chi connectivity index (χ2n) is 2.61. The molecule has 0 aromatic carbocycles. The summed E-state index contributed by atoms with van der Waals surface area (Å²) in [6.07, 6.45) is 2.70. The average Bonchev–Trinajstić information content (AvgIpc) is 2.51. The van der Waals surface area contributed by atoms with Gasteiger partial charge in [0.15, 0.2) is 8.68 Å². The van der Waals surface area contributed by atoms with Crippen LogP contribution in [0.3, 0.4) is 0 Å². The first kappa shape index (κ1) is 13.0. The monoisotopic (exact) mass is 288 g/mol. The Kier molecular flexibility index (Phi) is 4.65. The van der Waals surface area contributed by atoms with Crippen LogP contribution in [0.2, 0.25) is 4.47 Å². The summed E-state index contributed by atoms with van der Waals surface area (Å²) >= 11 is 6.40. The Morgan fingerprint density at radius 1 is 1.67 bits per heavy atom. The highest BCUT2D eigenvalue weighted by atomic mass is 35.5. The fourth-order valence-corrected chi connectivity index (χ4v) is 3.64. The number of nitrogens with zero attached hydrogens (tertiary/aromatic N) is 1. The molecule has 1 atom stereocenters. The van der Waals surface area contributed by atoms with E-state index in [2.05, 4.69) is 9.71 Å². The Morgan fingerprint density at radius 2 is 2.33 bits per heavy atom. The van der Waals surface area contributed by atoms with Crippen molar-refractivity contribution in [3.8, 4) is 0 Å². The lowest BCUT2D eigenvalue weighted by molar-refractivity contribution is 0.586. The van der Waals surface area contributed by atoms with Gasteiger partial charge in [-0.2, -0.15) is 0 Å². The van der Waals surface area contributed by atoms with Gasteiger partial charge in [-0.15, -0.1) is 0 Å². The summed E-state index contributed by atoms with van der Waals surface area (Å²) in [4.78, 5) is 3.63. The van der Waals surface area contributed by atoms with Crippen molar-refractivity contribution in [2.75, 3.05) is 18.6 Å². The van der Waals surface area contributed by atoms with Crippen molar-refractivity contribution in [1.82, 2.24) is 9.71 Å². The standard InChI is InChI=1S/C6H9ClN2O3S3/c1-14(10)3-2-9-15(11,12)5-4-8-6(7)13-5/h4,9H,2-3H2,1H3. The molecule has 0 saturated carbocycles. The van der Waals surface area contributed by atoms with E-state index in [0.29, 0.717) is 0 Å². The van der Waals surface area contributed by atoms with E-state index in [1.165, 1.54) is 12.5 Å². The zero-order valence-electron chi connectivity index (χ0n) is 7.77. The van der Waals surface area contributed by atoms with Gasteiger partial charge in [0.25, 0.3) is 10.0 Å². The summed E-state index contributed by atoms with van der Waals surface area (Å²) in [5.41, 5.74) is 0. The largest absolute Gasteiger partial charge is 0.260 e. The van der Waals surface area contributed by atoms with Gasteiger partial charge in [0, 0.05) is 29.4 Å². The minimum atomic E-state index is -3.55. The van der Waals surface area contributed by atoms with Crippen LogP contribution in [0.5, 0.6) is 0 Å². The lowest BCUT2D eigenvalue weighted by atomic mass is 10.8. The van der Waals surface area contributed by atoms with Gasteiger partial charge >= 0.3 is 0 Å². The van der Waals surface area contributed by atoms with E-state index in [0.717, 1.165) is 11.3 Å². The summed E-state index contributed by atoms with van der Waals surface area (Å²) in [5, 5.41) is 0. The Morgan fingerprint density at radius 3 is 2.80 bits per heavy atom. The summed E-state index contributed by atoms with van der Waals surface area (Å²) < 4.78 is 36.3. The van der Waals surface area contributed by atoms with Gasteiger partial charge < -0.3 is 0 Å². The first-order valence-electron chi connectivity index (χ1n) is 3.83. The molecule has 9 heteroatoms. The highest BCUT2D eigenvalue weighted by Crippen LogP contribution is 2.21. The van der Waals surface area contributed by atoms with Crippen LogP contribution < -0.4 is 4.72 Å². The molecule has 1 unspecified atom stereocenters. The maximum absolute atomic E-state index is 11.5. The Bertz CT molecular complexity index is 456. The molecule has 0 aliphatic rings. The van der Waals surface area contributed by atoms with Gasteiger partial charge in [-0.3, -0.25) is 4.21 Å². The van der Waals surface area contributed by atoms with Crippen molar-refractivity contribution in [3.63, 3.8) is 0 Å². The van der Waals surface area contributed by atoms with E-state index >= 15 is 0 Å². The third-order valence-corrected chi connectivity index (χ3v) is 5.22. The molecule has 15 heavy (non-hydrogen) atoms. The molecular weight excluding hydrogens is 280 g/mol. The van der Waals surface area contributed by atoms with Gasteiger partial charge in [0.1, 0.15) is 0 Å².